The number of benzene rings is 2. The highest BCUT2D eigenvalue weighted by Gasteiger charge is 2.48. The summed E-state index contributed by atoms with van der Waals surface area (Å²) in [6.45, 7) is 3.43. The number of amides is 8. The maximum atomic E-state index is 13.6. The van der Waals surface area contributed by atoms with Crippen molar-refractivity contribution < 1.29 is 53.0 Å². The van der Waals surface area contributed by atoms with Gasteiger partial charge in [-0.25, -0.2) is 4.79 Å². The monoisotopic (exact) mass is 848 g/mol. The quantitative estimate of drug-likeness (QED) is 0.0647. The van der Waals surface area contributed by atoms with Crippen molar-refractivity contribution in [3.8, 4) is 0 Å². The largest absolute Gasteiger partial charge is 0.480 e. The van der Waals surface area contributed by atoms with Crippen LogP contribution in [0, 0.1) is 5.92 Å². The Morgan fingerprint density at radius 1 is 0.770 bits per heavy atom. The lowest BCUT2D eigenvalue weighted by Gasteiger charge is -2.36. The number of carboxylic acids is 1. The van der Waals surface area contributed by atoms with Gasteiger partial charge in [-0.15, -0.1) is 0 Å². The predicted octanol–water partition coefficient (Wildman–Crippen LogP) is -0.705. The van der Waals surface area contributed by atoms with Crippen LogP contribution in [-0.4, -0.2) is 112 Å². The van der Waals surface area contributed by atoms with E-state index in [0.717, 1.165) is 5.56 Å². The van der Waals surface area contributed by atoms with Gasteiger partial charge in [-0.2, -0.15) is 0 Å². The Morgan fingerprint density at radius 3 is 1.90 bits per heavy atom. The molecule has 0 saturated carbocycles. The molecule has 19 nitrogen and oxygen atoms in total. The van der Waals surface area contributed by atoms with E-state index < -0.39 is 102 Å². The highest BCUT2D eigenvalue weighted by molar-refractivity contribution is 5.97. The van der Waals surface area contributed by atoms with Crippen molar-refractivity contribution in [2.75, 3.05) is 6.61 Å². The summed E-state index contributed by atoms with van der Waals surface area (Å²) in [5.74, 6) is -7.08. The summed E-state index contributed by atoms with van der Waals surface area (Å²) in [7, 11) is 0. The fourth-order valence-corrected chi connectivity index (χ4v) is 7.15. The molecule has 8 atom stereocenters. The SMILES string of the molecule is CC[C@H](C)[C@H](NC(=O)CCCCC(=O)N[C@H]1CC[C@@H]2OC[C@@H](C(=O)N[C@@H](CC(N)=O)C(=O)N[C@@H](Cc3ccccc3)C(=O)O)N2C1=O)C(=O)N[C@@H](Cc1ccccc1)C(N)=O. The van der Waals surface area contributed by atoms with Crippen molar-refractivity contribution in [2.45, 2.75) is 121 Å². The number of nitrogens with zero attached hydrogens (tertiary/aromatic N) is 1. The maximum Gasteiger partial charge on any atom is 0.326 e. The van der Waals surface area contributed by atoms with Gasteiger partial charge in [0.1, 0.15) is 42.5 Å². The van der Waals surface area contributed by atoms with Crippen LogP contribution >= 0.6 is 0 Å². The molecule has 2 aromatic carbocycles. The van der Waals surface area contributed by atoms with Crippen LogP contribution in [0.25, 0.3) is 0 Å². The molecule has 330 valence electrons. The number of primary amides is 2. The van der Waals surface area contributed by atoms with E-state index in [1.54, 1.807) is 49.4 Å². The summed E-state index contributed by atoms with van der Waals surface area (Å²) in [6.07, 6.45) is 0.276. The fraction of sp³-hybridized carbons (Fsp3) is 0.500. The first-order valence-corrected chi connectivity index (χ1v) is 20.4. The molecule has 0 aromatic heterocycles. The number of nitrogens with two attached hydrogens (primary N) is 2. The smallest absolute Gasteiger partial charge is 0.326 e. The second kappa shape index (κ2) is 22.8. The third-order valence-electron chi connectivity index (χ3n) is 10.7. The van der Waals surface area contributed by atoms with Gasteiger partial charge in [-0.1, -0.05) is 80.9 Å². The molecule has 4 rings (SSSR count). The van der Waals surface area contributed by atoms with E-state index in [-0.39, 0.29) is 63.9 Å². The summed E-state index contributed by atoms with van der Waals surface area (Å²) in [4.78, 5) is 117. The van der Waals surface area contributed by atoms with Crippen LogP contribution in [0.15, 0.2) is 60.7 Å². The van der Waals surface area contributed by atoms with Crippen LogP contribution < -0.4 is 38.1 Å². The van der Waals surface area contributed by atoms with E-state index in [0.29, 0.717) is 12.0 Å². The van der Waals surface area contributed by atoms with Crippen molar-refractivity contribution in [3.05, 3.63) is 71.8 Å². The standard InChI is InChI=1S/C42H56N8O11/c1-3-24(2)36(40(57)46-28(37(44)54)20-25-12-6-4-7-13-25)49-34(53)17-11-10-16-33(52)45-27-18-19-35-50(41(27)58)31(23-61-35)39(56)47-29(22-32(43)51)38(55)48-30(42(59)60)21-26-14-8-5-9-15-26/h4-9,12-15,24,27-31,35-36H,3,10-11,16-23H2,1-2H3,(H2,43,51)(H2,44,54)(H,45,52)(H,46,57)(H,47,56)(H,48,55)(H,49,53)(H,59,60)/t24-,27-,28-,29-,30-,31-,35-,36-/m0/s1. The topological polar surface area (TPSA) is 299 Å². The number of hydrogen-bond acceptors (Lipinski definition) is 10. The van der Waals surface area contributed by atoms with E-state index in [1.807, 2.05) is 25.1 Å². The first-order valence-electron chi connectivity index (χ1n) is 20.4. The summed E-state index contributed by atoms with van der Waals surface area (Å²) in [6, 6.07) is 10.5. The van der Waals surface area contributed by atoms with Crippen LogP contribution in [-0.2, 0) is 60.7 Å². The van der Waals surface area contributed by atoms with E-state index in [2.05, 4.69) is 26.6 Å². The van der Waals surface area contributed by atoms with E-state index in [4.69, 9.17) is 16.2 Å². The Bertz CT molecular complexity index is 1900. The molecule has 0 spiro atoms. The molecule has 2 aromatic rings. The lowest BCUT2D eigenvalue weighted by atomic mass is 9.97. The minimum Gasteiger partial charge on any atom is -0.480 e. The molecule has 2 saturated heterocycles. The number of unbranched alkanes of at least 4 members (excludes halogenated alkanes) is 1. The van der Waals surface area contributed by atoms with Crippen molar-refractivity contribution in [2.24, 2.45) is 17.4 Å². The van der Waals surface area contributed by atoms with Crippen LogP contribution in [0.4, 0.5) is 0 Å². The van der Waals surface area contributed by atoms with Gasteiger partial charge in [-0.3, -0.25) is 38.4 Å². The summed E-state index contributed by atoms with van der Waals surface area (Å²) in [5, 5.41) is 22.6. The molecule has 61 heavy (non-hydrogen) atoms. The molecule has 0 bridgehead atoms. The van der Waals surface area contributed by atoms with Crippen molar-refractivity contribution in [1.29, 1.82) is 0 Å². The van der Waals surface area contributed by atoms with Gasteiger partial charge in [0.25, 0.3) is 0 Å². The van der Waals surface area contributed by atoms with Crippen LogP contribution in [0.2, 0.25) is 0 Å². The second-order valence-electron chi connectivity index (χ2n) is 15.4. The Kier molecular flexibility index (Phi) is 17.7. The Balaban J connectivity index is 1.26. The molecule has 2 heterocycles. The van der Waals surface area contributed by atoms with Gasteiger partial charge in [0.15, 0.2) is 0 Å². The molecule has 2 fully saturated rings. The molecule has 19 heteroatoms. The average molecular weight is 849 g/mol. The average Bonchev–Trinajstić information content (AvgIpc) is 3.67. The van der Waals surface area contributed by atoms with Gasteiger partial charge in [0.2, 0.25) is 47.3 Å². The number of fused-ring (bicyclic) bond motifs is 1. The highest BCUT2D eigenvalue weighted by atomic mass is 16.5. The first kappa shape index (κ1) is 47.3. The lowest BCUT2D eigenvalue weighted by Crippen LogP contribution is -2.61. The normalized spacial score (nSPS) is 19.5. The van der Waals surface area contributed by atoms with Gasteiger partial charge >= 0.3 is 5.97 Å². The molecular formula is C42H56N8O11. The number of aliphatic carboxylic acids is 1. The van der Waals surface area contributed by atoms with Crippen molar-refractivity contribution in [1.82, 2.24) is 31.5 Å². The van der Waals surface area contributed by atoms with Crippen LogP contribution in [0.5, 0.6) is 0 Å². The minimum absolute atomic E-state index is 0.00145. The zero-order valence-corrected chi connectivity index (χ0v) is 34.3. The van der Waals surface area contributed by atoms with Gasteiger partial charge in [0, 0.05) is 25.7 Å². The van der Waals surface area contributed by atoms with Gasteiger partial charge in [0.05, 0.1) is 13.0 Å². The minimum atomic E-state index is -1.56. The number of carbonyl (C=O) groups excluding carboxylic acids is 8. The molecule has 0 radical (unpaired) electrons. The molecular weight excluding hydrogens is 793 g/mol. The number of carbonyl (C=O) groups is 9. The Labute approximate surface area is 353 Å². The molecule has 0 unspecified atom stereocenters. The molecule has 2 aliphatic heterocycles. The number of piperidine rings is 1. The molecule has 8 amide bonds. The van der Waals surface area contributed by atoms with E-state index >= 15 is 0 Å². The summed E-state index contributed by atoms with van der Waals surface area (Å²) < 4.78 is 5.70. The van der Waals surface area contributed by atoms with Crippen LogP contribution in [0.3, 0.4) is 0 Å². The number of rotatable bonds is 23. The fourth-order valence-electron chi connectivity index (χ4n) is 7.15. The zero-order chi connectivity index (χ0) is 44.6. The highest BCUT2D eigenvalue weighted by Crippen LogP contribution is 2.28. The number of nitrogens with one attached hydrogen (secondary N) is 5. The Morgan fingerprint density at radius 2 is 1.34 bits per heavy atom. The van der Waals surface area contributed by atoms with Crippen molar-refractivity contribution in [3.63, 3.8) is 0 Å². The van der Waals surface area contributed by atoms with Crippen molar-refractivity contribution >= 4 is 53.2 Å². The van der Waals surface area contributed by atoms with E-state index in [1.165, 1.54) is 4.90 Å². The second-order valence-corrected chi connectivity index (χ2v) is 15.4. The summed E-state index contributed by atoms with van der Waals surface area (Å²) in [5.41, 5.74) is 12.4. The Hall–Kier alpha value is -6.37. The number of hydrogen-bond donors (Lipinski definition) is 8. The van der Waals surface area contributed by atoms with Gasteiger partial charge < -0.3 is 52.8 Å². The zero-order valence-electron chi connectivity index (χ0n) is 34.3. The number of carboxylic acid groups (broad SMARTS) is 1. The maximum absolute atomic E-state index is 13.6. The van der Waals surface area contributed by atoms with Gasteiger partial charge in [-0.05, 0) is 42.7 Å². The third kappa shape index (κ3) is 14.1. The van der Waals surface area contributed by atoms with E-state index in [9.17, 15) is 48.3 Å². The first-order chi connectivity index (χ1) is 29.1. The lowest BCUT2D eigenvalue weighted by molar-refractivity contribution is -0.150. The number of ether oxygens (including phenoxy) is 1. The molecule has 0 aliphatic carbocycles. The third-order valence-corrected chi connectivity index (χ3v) is 10.7. The summed E-state index contributed by atoms with van der Waals surface area (Å²) >= 11 is 0. The predicted molar refractivity (Wildman–Crippen MR) is 218 cm³/mol. The molecule has 2 aliphatic rings. The van der Waals surface area contributed by atoms with Crippen LogP contribution in [0.1, 0.15) is 76.3 Å². The molecule has 10 N–H and O–H groups in total.